The Morgan fingerprint density at radius 3 is 2.89 bits per heavy atom. The first-order valence-corrected chi connectivity index (χ1v) is 6.13. The van der Waals surface area contributed by atoms with E-state index in [2.05, 4.69) is 31.2 Å². The van der Waals surface area contributed by atoms with Crippen molar-refractivity contribution in [2.24, 2.45) is 4.99 Å². The lowest BCUT2D eigenvalue weighted by Gasteiger charge is -2.08. The van der Waals surface area contributed by atoms with Crippen molar-refractivity contribution in [3.63, 3.8) is 0 Å². The molecule has 0 spiro atoms. The molecule has 1 aromatic heterocycles. The van der Waals surface area contributed by atoms with Gasteiger partial charge in [0.25, 0.3) is 0 Å². The van der Waals surface area contributed by atoms with Crippen LogP contribution in [0.2, 0.25) is 0 Å². The maximum absolute atomic E-state index is 4.37. The molecule has 0 unspecified atom stereocenters. The van der Waals surface area contributed by atoms with Crippen molar-refractivity contribution in [3.05, 3.63) is 30.6 Å². The summed E-state index contributed by atoms with van der Waals surface area (Å²) in [5.41, 5.74) is 2.24. The van der Waals surface area contributed by atoms with Crippen molar-refractivity contribution in [2.45, 2.75) is 13.0 Å². The van der Waals surface area contributed by atoms with Gasteiger partial charge in [0.2, 0.25) is 0 Å². The highest BCUT2D eigenvalue weighted by Crippen LogP contribution is 2.11. The van der Waals surface area contributed by atoms with E-state index in [0.717, 1.165) is 31.0 Å². The largest absolute Gasteiger partial charge is 0.359 e. The summed E-state index contributed by atoms with van der Waals surface area (Å²) < 4.78 is 2.18. The van der Waals surface area contributed by atoms with Gasteiger partial charge in [-0.15, -0.1) is 24.0 Å². The van der Waals surface area contributed by atoms with E-state index in [1.165, 1.54) is 5.52 Å². The van der Waals surface area contributed by atoms with Gasteiger partial charge in [0.1, 0.15) is 0 Å². The van der Waals surface area contributed by atoms with Crippen molar-refractivity contribution in [2.75, 3.05) is 20.6 Å². The number of nitrogens with one attached hydrogen (secondary N) is 2. The predicted molar refractivity (Wildman–Crippen MR) is 90.2 cm³/mol. The number of aliphatic imine (C=N–C) groups is 1. The minimum absolute atomic E-state index is 0. The Morgan fingerprint density at radius 2 is 2.16 bits per heavy atom. The molecule has 19 heavy (non-hydrogen) atoms. The molecule has 5 nitrogen and oxygen atoms in total. The first-order chi connectivity index (χ1) is 8.85. The second-order valence-electron chi connectivity index (χ2n) is 4.03. The van der Waals surface area contributed by atoms with Crippen molar-refractivity contribution in [1.29, 1.82) is 0 Å². The number of hydrogen-bond acceptors (Lipinski definition) is 2. The molecule has 2 rings (SSSR count). The molecule has 0 aliphatic rings. The monoisotopic (exact) mass is 373 g/mol. The van der Waals surface area contributed by atoms with Crippen molar-refractivity contribution >= 4 is 41.0 Å². The highest BCUT2D eigenvalue weighted by molar-refractivity contribution is 14.0. The van der Waals surface area contributed by atoms with Crippen LogP contribution in [0.1, 0.15) is 6.42 Å². The molecule has 0 amide bonds. The topological polar surface area (TPSA) is 54.2 Å². The summed E-state index contributed by atoms with van der Waals surface area (Å²) in [6.45, 7) is 1.84. The number of para-hydroxylation sites is 2. The third-order valence-electron chi connectivity index (χ3n) is 2.86. The average molecular weight is 373 g/mol. The van der Waals surface area contributed by atoms with Gasteiger partial charge in [-0.3, -0.25) is 4.99 Å². The van der Waals surface area contributed by atoms with Crippen LogP contribution >= 0.6 is 24.0 Å². The van der Waals surface area contributed by atoms with Gasteiger partial charge in [-0.1, -0.05) is 12.1 Å². The summed E-state index contributed by atoms with van der Waals surface area (Å²) in [6.07, 6.45) is 2.93. The zero-order valence-corrected chi connectivity index (χ0v) is 13.6. The second-order valence-corrected chi connectivity index (χ2v) is 4.03. The number of aromatic nitrogens is 2. The van der Waals surface area contributed by atoms with Crippen LogP contribution in [0.25, 0.3) is 11.0 Å². The number of imidazole rings is 1. The van der Waals surface area contributed by atoms with Crippen LogP contribution in [0.15, 0.2) is 35.6 Å². The van der Waals surface area contributed by atoms with Crippen molar-refractivity contribution < 1.29 is 0 Å². The minimum Gasteiger partial charge on any atom is -0.359 e. The quantitative estimate of drug-likeness (QED) is 0.372. The van der Waals surface area contributed by atoms with Gasteiger partial charge < -0.3 is 15.2 Å². The van der Waals surface area contributed by atoms with Crippen LogP contribution in [-0.2, 0) is 6.54 Å². The Bertz CT molecular complexity index is 535. The number of fused-ring (bicyclic) bond motifs is 1. The molecule has 0 fully saturated rings. The Morgan fingerprint density at radius 1 is 1.37 bits per heavy atom. The van der Waals surface area contributed by atoms with E-state index >= 15 is 0 Å². The van der Waals surface area contributed by atoms with Crippen LogP contribution in [0.3, 0.4) is 0 Å². The molecule has 2 aromatic rings. The molecule has 0 saturated carbocycles. The minimum atomic E-state index is 0. The lowest BCUT2D eigenvalue weighted by atomic mass is 10.3. The number of nitrogens with zero attached hydrogens (tertiary/aromatic N) is 3. The van der Waals surface area contributed by atoms with E-state index in [9.17, 15) is 0 Å². The number of hydrogen-bond donors (Lipinski definition) is 2. The number of guanidine groups is 1. The summed E-state index contributed by atoms with van der Waals surface area (Å²) in [6, 6.07) is 8.19. The fraction of sp³-hybridized carbons (Fsp3) is 0.385. The Labute approximate surface area is 130 Å². The van der Waals surface area contributed by atoms with Crippen LogP contribution in [-0.4, -0.2) is 36.2 Å². The maximum Gasteiger partial charge on any atom is 0.190 e. The number of halogens is 1. The van der Waals surface area contributed by atoms with Crippen molar-refractivity contribution in [1.82, 2.24) is 20.2 Å². The Kier molecular flexibility index (Phi) is 6.61. The third kappa shape index (κ3) is 4.09. The van der Waals surface area contributed by atoms with Crippen molar-refractivity contribution in [3.8, 4) is 0 Å². The van der Waals surface area contributed by atoms with Gasteiger partial charge in [-0.05, 0) is 18.6 Å². The zero-order chi connectivity index (χ0) is 12.8. The van der Waals surface area contributed by atoms with E-state index < -0.39 is 0 Å². The van der Waals surface area contributed by atoms with E-state index in [4.69, 9.17) is 0 Å². The lowest BCUT2D eigenvalue weighted by molar-refractivity contribution is 0.640. The zero-order valence-electron chi connectivity index (χ0n) is 11.3. The van der Waals surface area contributed by atoms with Gasteiger partial charge in [-0.2, -0.15) is 0 Å². The smallest absolute Gasteiger partial charge is 0.190 e. The first kappa shape index (κ1) is 15.7. The molecule has 0 bridgehead atoms. The van der Waals surface area contributed by atoms with Crippen LogP contribution in [0.5, 0.6) is 0 Å². The fourth-order valence-electron chi connectivity index (χ4n) is 1.92. The highest BCUT2D eigenvalue weighted by atomic mass is 127. The summed E-state index contributed by atoms with van der Waals surface area (Å²) in [7, 11) is 3.63. The summed E-state index contributed by atoms with van der Waals surface area (Å²) in [5, 5.41) is 6.23. The summed E-state index contributed by atoms with van der Waals surface area (Å²) >= 11 is 0. The van der Waals surface area contributed by atoms with Crippen LogP contribution < -0.4 is 10.6 Å². The average Bonchev–Trinajstić information content (AvgIpc) is 2.82. The molecule has 0 saturated heterocycles. The van der Waals surface area contributed by atoms with E-state index in [-0.39, 0.29) is 24.0 Å². The molecular weight excluding hydrogens is 353 g/mol. The van der Waals surface area contributed by atoms with Crippen LogP contribution in [0.4, 0.5) is 0 Å². The van der Waals surface area contributed by atoms with Crippen LogP contribution in [0, 0.1) is 0 Å². The summed E-state index contributed by atoms with van der Waals surface area (Å²) in [5.74, 6) is 0.825. The molecular formula is C13H20IN5. The van der Waals surface area contributed by atoms with E-state index in [0.29, 0.717) is 0 Å². The maximum atomic E-state index is 4.37. The SMILES string of the molecule is CN=C(NC)NCCCn1cnc2ccccc21.I. The third-order valence-corrected chi connectivity index (χ3v) is 2.86. The fourth-order valence-corrected chi connectivity index (χ4v) is 1.92. The molecule has 1 heterocycles. The summed E-state index contributed by atoms with van der Waals surface area (Å²) in [4.78, 5) is 8.44. The lowest BCUT2D eigenvalue weighted by Crippen LogP contribution is -2.35. The number of aryl methyl sites for hydroxylation is 1. The van der Waals surface area contributed by atoms with E-state index in [1.807, 2.05) is 31.6 Å². The van der Waals surface area contributed by atoms with Gasteiger partial charge >= 0.3 is 0 Å². The first-order valence-electron chi connectivity index (χ1n) is 6.13. The molecule has 2 N–H and O–H groups in total. The van der Waals surface area contributed by atoms with Gasteiger partial charge in [0.05, 0.1) is 17.4 Å². The molecule has 0 atom stereocenters. The highest BCUT2D eigenvalue weighted by Gasteiger charge is 2.00. The second kappa shape index (κ2) is 7.98. The molecule has 104 valence electrons. The molecule has 6 heteroatoms. The standard InChI is InChI=1S/C13H19N5.HI/c1-14-13(15-2)16-8-5-9-18-10-17-11-6-3-4-7-12(11)18;/h3-4,6-7,10H,5,8-9H2,1-2H3,(H2,14,15,16);1H. The van der Waals surface area contributed by atoms with Gasteiger partial charge in [0, 0.05) is 27.2 Å². The normalized spacial score (nSPS) is 11.2. The van der Waals surface area contributed by atoms with Gasteiger partial charge in [0.15, 0.2) is 5.96 Å². The van der Waals surface area contributed by atoms with E-state index in [1.54, 1.807) is 7.05 Å². The molecule has 0 radical (unpaired) electrons. The number of rotatable bonds is 4. The molecule has 1 aromatic carbocycles. The van der Waals surface area contributed by atoms with Gasteiger partial charge in [-0.25, -0.2) is 4.98 Å². The Balaban J connectivity index is 0.00000180. The predicted octanol–water partition coefficient (Wildman–Crippen LogP) is 1.84. The Hall–Kier alpha value is -1.31. The number of benzene rings is 1. The molecule has 0 aliphatic heterocycles. The molecule has 0 aliphatic carbocycles.